The highest BCUT2D eigenvalue weighted by Gasteiger charge is 2.14. The fourth-order valence-electron chi connectivity index (χ4n) is 5.70. The Morgan fingerprint density at radius 1 is 0.500 bits per heavy atom. The summed E-state index contributed by atoms with van der Waals surface area (Å²) < 4.78 is 5.93. The van der Waals surface area contributed by atoms with Crippen LogP contribution in [0.15, 0.2) is 48.6 Å². The number of carbonyl (C=O) groups excluding carboxylic acids is 1. The third-order valence-corrected chi connectivity index (χ3v) is 8.57. The van der Waals surface area contributed by atoms with Crippen LogP contribution >= 0.6 is 0 Å². The molecule has 0 spiro atoms. The number of carbonyl (C=O) groups is 2. The van der Waals surface area contributed by atoms with Gasteiger partial charge in [-0.1, -0.05) is 159 Å². The summed E-state index contributed by atoms with van der Waals surface area (Å²) >= 11 is 0. The fraction of sp³-hybridized carbons (Fsp3) is 0.762. The van der Waals surface area contributed by atoms with Crippen molar-refractivity contribution in [1.82, 2.24) is 0 Å². The Morgan fingerprint density at radius 2 is 0.913 bits per heavy atom. The van der Waals surface area contributed by atoms with Gasteiger partial charge in [0.1, 0.15) is 6.10 Å². The van der Waals surface area contributed by atoms with Gasteiger partial charge < -0.3 is 9.84 Å². The Kier molecular flexibility index (Phi) is 35.7. The van der Waals surface area contributed by atoms with Gasteiger partial charge in [0.25, 0.3) is 0 Å². The van der Waals surface area contributed by atoms with Crippen molar-refractivity contribution < 1.29 is 19.4 Å². The van der Waals surface area contributed by atoms with Crippen LogP contribution in [0.4, 0.5) is 0 Å². The minimum absolute atomic E-state index is 0.0212. The molecule has 4 nitrogen and oxygen atoms in total. The van der Waals surface area contributed by atoms with Gasteiger partial charge in [0, 0.05) is 12.8 Å². The topological polar surface area (TPSA) is 63.6 Å². The lowest BCUT2D eigenvalue weighted by atomic mass is 10.0. The van der Waals surface area contributed by atoms with E-state index in [2.05, 4.69) is 62.5 Å². The number of carboxylic acid groups (broad SMARTS) is 1. The molecule has 0 aromatic carbocycles. The highest BCUT2D eigenvalue weighted by atomic mass is 16.5. The molecule has 1 N–H and O–H groups in total. The number of hydrogen-bond donors (Lipinski definition) is 1. The summed E-state index contributed by atoms with van der Waals surface area (Å²) in [5.74, 6) is -0.734. The van der Waals surface area contributed by atoms with Crippen molar-refractivity contribution in [2.45, 2.75) is 206 Å². The van der Waals surface area contributed by atoms with Gasteiger partial charge in [0.15, 0.2) is 0 Å². The number of hydrogen-bond acceptors (Lipinski definition) is 3. The van der Waals surface area contributed by atoms with Crippen LogP contribution in [0.25, 0.3) is 0 Å². The van der Waals surface area contributed by atoms with Gasteiger partial charge in [-0.15, -0.1) is 0 Å². The average Bonchev–Trinajstić information content (AvgIpc) is 3.04. The number of aliphatic carboxylic acids is 1. The Bertz CT molecular complexity index is 779. The van der Waals surface area contributed by atoms with E-state index in [0.29, 0.717) is 6.42 Å². The van der Waals surface area contributed by atoms with Gasteiger partial charge in [0.05, 0.1) is 0 Å². The maximum absolute atomic E-state index is 12.6. The molecule has 0 rings (SSSR count). The molecule has 0 saturated heterocycles. The molecule has 1 atom stereocenters. The number of rotatable bonds is 35. The molecule has 0 fully saturated rings. The van der Waals surface area contributed by atoms with Gasteiger partial charge in [0.2, 0.25) is 0 Å². The van der Waals surface area contributed by atoms with E-state index in [1.54, 1.807) is 0 Å². The zero-order valence-corrected chi connectivity index (χ0v) is 30.4. The summed E-state index contributed by atoms with van der Waals surface area (Å²) in [5.41, 5.74) is 0. The van der Waals surface area contributed by atoms with Crippen molar-refractivity contribution in [2.24, 2.45) is 0 Å². The molecule has 0 saturated carbocycles. The van der Waals surface area contributed by atoms with Gasteiger partial charge in [-0.05, 0) is 77.0 Å². The molecular formula is C42H74O4. The predicted molar refractivity (Wildman–Crippen MR) is 199 cm³/mol. The quantitative estimate of drug-likeness (QED) is 0.0424. The van der Waals surface area contributed by atoms with Crippen LogP contribution < -0.4 is 0 Å². The summed E-state index contributed by atoms with van der Waals surface area (Å²) in [6, 6.07) is 0. The smallest absolute Gasteiger partial charge is 0.306 e. The first-order valence-corrected chi connectivity index (χ1v) is 19.6. The molecule has 0 heterocycles. The summed E-state index contributed by atoms with van der Waals surface area (Å²) in [7, 11) is 0. The van der Waals surface area contributed by atoms with Gasteiger partial charge in [-0.3, -0.25) is 9.59 Å². The third kappa shape index (κ3) is 36.4. The minimum atomic E-state index is -0.713. The second kappa shape index (κ2) is 37.4. The number of unbranched alkanes of at least 4 members (excludes halogenated alkanes) is 18. The third-order valence-electron chi connectivity index (χ3n) is 8.57. The zero-order valence-electron chi connectivity index (χ0n) is 30.4. The number of esters is 1. The SMILES string of the molecule is CC/C=C\C/C=C\C/C=C\C/C=C\CCCCCCCCCCCCC(=O)OC(CCCCCCCC)CCCCCCC(=O)O. The van der Waals surface area contributed by atoms with Crippen molar-refractivity contribution in [3.63, 3.8) is 0 Å². The molecule has 4 heteroatoms. The summed E-state index contributed by atoms with van der Waals surface area (Å²) in [4.78, 5) is 23.3. The van der Waals surface area contributed by atoms with Crippen LogP contribution in [0, 0.1) is 0 Å². The molecular weight excluding hydrogens is 568 g/mol. The van der Waals surface area contributed by atoms with Crippen molar-refractivity contribution in [1.29, 1.82) is 0 Å². The van der Waals surface area contributed by atoms with Crippen molar-refractivity contribution in [3.8, 4) is 0 Å². The Labute approximate surface area is 285 Å². The summed E-state index contributed by atoms with van der Waals surface area (Å²) in [6.45, 7) is 4.41. The number of ether oxygens (including phenoxy) is 1. The molecule has 0 aromatic rings. The number of allylic oxidation sites excluding steroid dienone is 8. The van der Waals surface area contributed by atoms with Crippen LogP contribution in [-0.4, -0.2) is 23.1 Å². The first kappa shape index (κ1) is 43.9. The van der Waals surface area contributed by atoms with E-state index >= 15 is 0 Å². The molecule has 1 unspecified atom stereocenters. The van der Waals surface area contributed by atoms with Crippen LogP contribution in [0.5, 0.6) is 0 Å². The highest BCUT2D eigenvalue weighted by molar-refractivity contribution is 5.69. The highest BCUT2D eigenvalue weighted by Crippen LogP contribution is 2.18. The molecule has 0 aromatic heterocycles. The minimum Gasteiger partial charge on any atom is -0.481 e. The van der Waals surface area contributed by atoms with Crippen LogP contribution in [0.2, 0.25) is 0 Å². The van der Waals surface area contributed by atoms with E-state index in [9.17, 15) is 9.59 Å². The number of carboxylic acids is 1. The summed E-state index contributed by atoms with van der Waals surface area (Å²) in [6.07, 6.45) is 50.0. The molecule has 0 aliphatic heterocycles. The molecule has 0 aliphatic carbocycles. The molecule has 46 heavy (non-hydrogen) atoms. The van der Waals surface area contributed by atoms with E-state index in [4.69, 9.17) is 9.84 Å². The average molecular weight is 643 g/mol. The van der Waals surface area contributed by atoms with Crippen molar-refractivity contribution in [3.05, 3.63) is 48.6 Å². The molecule has 0 amide bonds. The fourth-order valence-corrected chi connectivity index (χ4v) is 5.70. The largest absolute Gasteiger partial charge is 0.481 e. The van der Waals surface area contributed by atoms with Crippen LogP contribution in [-0.2, 0) is 14.3 Å². The first-order valence-electron chi connectivity index (χ1n) is 19.6. The molecule has 0 aliphatic rings. The summed E-state index contributed by atoms with van der Waals surface area (Å²) in [5, 5.41) is 8.81. The molecule has 0 bridgehead atoms. The van der Waals surface area contributed by atoms with Gasteiger partial charge in [-0.2, -0.15) is 0 Å². The Morgan fingerprint density at radius 3 is 1.41 bits per heavy atom. The van der Waals surface area contributed by atoms with Crippen molar-refractivity contribution in [2.75, 3.05) is 0 Å². The molecule has 266 valence electrons. The maximum atomic E-state index is 12.6. The zero-order chi connectivity index (χ0) is 33.6. The van der Waals surface area contributed by atoms with Crippen LogP contribution in [0.3, 0.4) is 0 Å². The first-order chi connectivity index (χ1) is 22.6. The Hall–Kier alpha value is -2.10. The maximum Gasteiger partial charge on any atom is 0.306 e. The Balaban J connectivity index is 3.77. The lowest BCUT2D eigenvalue weighted by Gasteiger charge is -2.18. The van der Waals surface area contributed by atoms with Gasteiger partial charge >= 0.3 is 11.9 Å². The normalized spacial score (nSPS) is 12.7. The van der Waals surface area contributed by atoms with E-state index in [-0.39, 0.29) is 18.5 Å². The van der Waals surface area contributed by atoms with Crippen molar-refractivity contribution >= 4 is 11.9 Å². The standard InChI is InChI=1S/C42H74O4/c1-3-5-7-9-11-12-13-14-15-16-17-18-19-20-21-22-23-24-25-26-27-29-35-39-42(45)46-40(36-32-28-10-8-6-4-2)37-33-30-31-34-38-41(43)44/h5,7,11-12,14-15,17-18,40H,3-4,6,8-10,13,16,19-39H2,1-2H3,(H,43,44)/b7-5-,12-11-,15-14-,18-17-. The van der Waals surface area contributed by atoms with Crippen LogP contribution in [0.1, 0.15) is 200 Å². The monoisotopic (exact) mass is 643 g/mol. The van der Waals surface area contributed by atoms with E-state index in [1.807, 2.05) is 0 Å². The van der Waals surface area contributed by atoms with Gasteiger partial charge in [-0.25, -0.2) is 0 Å². The molecule has 0 radical (unpaired) electrons. The van der Waals surface area contributed by atoms with E-state index in [1.165, 1.54) is 89.9 Å². The lowest BCUT2D eigenvalue weighted by Crippen LogP contribution is -2.18. The second-order valence-electron chi connectivity index (χ2n) is 13.1. The van der Waals surface area contributed by atoms with E-state index < -0.39 is 5.97 Å². The predicted octanol–water partition coefficient (Wildman–Crippen LogP) is 13.6. The van der Waals surface area contributed by atoms with E-state index in [0.717, 1.165) is 83.5 Å². The lowest BCUT2D eigenvalue weighted by molar-refractivity contribution is -0.150. The second-order valence-corrected chi connectivity index (χ2v) is 13.1.